The third kappa shape index (κ3) is 2.96. The van der Waals surface area contributed by atoms with E-state index >= 15 is 0 Å². The number of halogens is 2. The second-order valence-corrected chi connectivity index (χ2v) is 4.77. The third-order valence-corrected chi connectivity index (χ3v) is 3.43. The first-order valence-corrected chi connectivity index (χ1v) is 6.40. The van der Waals surface area contributed by atoms with Crippen LogP contribution in [0.25, 0.3) is 0 Å². The Hall–Kier alpha value is -1.53. The molecule has 1 aliphatic rings. The first-order valence-electron chi connectivity index (χ1n) is 6.40. The molecule has 20 heavy (non-hydrogen) atoms. The van der Waals surface area contributed by atoms with E-state index in [-0.39, 0.29) is 17.7 Å². The number of hydrogen-bond acceptors (Lipinski definition) is 3. The normalized spacial score (nSPS) is 22.6. The largest absolute Gasteiger partial charge is 0.379 e. The minimum atomic E-state index is -0.869. The third-order valence-electron chi connectivity index (χ3n) is 3.43. The molecule has 0 aromatic heterocycles. The highest BCUT2D eigenvalue weighted by molar-refractivity contribution is 5.95. The van der Waals surface area contributed by atoms with Gasteiger partial charge in [0.25, 0.3) is 5.91 Å². The lowest BCUT2D eigenvalue weighted by Gasteiger charge is -2.31. The lowest BCUT2D eigenvalue weighted by Crippen LogP contribution is -2.49. The van der Waals surface area contributed by atoms with Crippen LogP contribution >= 0.6 is 0 Å². The Morgan fingerprint density at radius 3 is 2.90 bits per heavy atom. The van der Waals surface area contributed by atoms with Gasteiger partial charge in [-0.05, 0) is 25.0 Å². The summed E-state index contributed by atoms with van der Waals surface area (Å²) in [7, 11) is 1.51. The number of hydrogen-bond donors (Lipinski definition) is 1. The molecular weight excluding hydrogens is 268 g/mol. The summed E-state index contributed by atoms with van der Waals surface area (Å²) < 4.78 is 38.0. The van der Waals surface area contributed by atoms with Crippen LogP contribution in [0.3, 0.4) is 0 Å². The van der Waals surface area contributed by atoms with Crippen LogP contribution in [0.2, 0.25) is 0 Å². The number of nitrogens with one attached hydrogen (secondary N) is 1. The van der Waals surface area contributed by atoms with Gasteiger partial charge in [0.2, 0.25) is 0 Å². The van der Waals surface area contributed by atoms with Crippen LogP contribution in [-0.2, 0) is 9.47 Å². The van der Waals surface area contributed by atoms with E-state index < -0.39 is 23.1 Å². The summed E-state index contributed by atoms with van der Waals surface area (Å²) in [6, 6.07) is 2.07. The monoisotopic (exact) mass is 285 g/mol. The lowest BCUT2D eigenvalue weighted by molar-refractivity contribution is -0.0479. The number of rotatable bonds is 3. The zero-order valence-electron chi connectivity index (χ0n) is 11.4. The number of carbonyl (C=O) groups is 1. The Balaban J connectivity index is 2.18. The highest BCUT2D eigenvalue weighted by Crippen LogP contribution is 2.18. The molecule has 0 spiro atoms. The van der Waals surface area contributed by atoms with Gasteiger partial charge >= 0.3 is 0 Å². The van der Waals surface area contributed by atoms with E-state index in [1.165, 1.54) is 20.1 Å². The highest BCUT2D eigenvalue weighted by Gasteiger charge is 2.29. The molecule has 0 unspecified atom stereocenters. The van der Waals surface area contributed by atoms with E-state index in [1.54, 1.807) is 0 Å². The molecule has 1 aromatic carbocycles. The van der Waals surface area contributed by atoms with Gasteiger partial charge in [0, 0.05) is 13.7 Å². The molecule has 110 valence electrons. The smallest absolute Gasteiger partial charge is 0.257 e. The fraction of sp³-hybridized carbons (Fsp3) is 0.500. The average molecular weight is 285 g/mol. The van der Waals surface area contributed by atoms with E-state index in [4.69, 9.17) is 9.47 Å². The maximum atomic E-state index is 13.9. The molecule has 1 fully saturated rings. The van der Waals surface area contributed by atoms with Crippen LogP contribution in [0.15, 0.2) is 12.1 Å². The van der Waals surface area contributed by atoms with Crippen molar-refractivity contribution in [1.29, 1.82) is 0 Å². The fourth-order valence-electron chi connectivity index (χ4n) is 2.21. The van der Waals surface area contributed by atoms with Crippen LogP contribution in [-0.4, -0.2) is 38.4 Å². The molecule has 4 nitrogen and oxygen atoms in total. The van der Waals surface area contributed by atoms with Gasteiger partial charge in [0.1, 0.15) is 23.3 Å². The molecule has 1 saturated heterocycles. The predicted molar refractivity (Wildman–Crippen MR) is 68.6 cm³/mol. The van der Waals surface area contributed by atoms with Crippen LogP contribution < -0.4 is 5.32 Å². The number of carbonyl (C=O) groups excluding carboxylic acids is 1. The SMILES string of the molecule is CO[C@@H]1COCC[C@H]1NC(=O)c1c(F)ccc(C)c1F. The fourth-order valence-corrected chi connectivity index (χ4v) is 2.21. The zero-order chi connectivity index (χ0) is 14.7. The Morgan fingerprint density at radius 1 is 1.45 bits per heavy atom. The van der Waals surface area contributed by atoms with Crippen molar-refractivity contribution in [2.75, 3.05) is 20.3 Å². The van der Waals surface area contributed by atoms with Crippen LogP contribution in [0, 0.1) is 18.6 Å². The van der Waals surface area contributed by atoms with Crippen LogP contribution in [0.4, 0.5) is 8.78 Å². The summed E-state index contributed by atoms with van der Waals surface area (Å²) >= 11 is 0. The Morgan fingerprint density at radius 2 is 2.20 bits per heavy atom. The molecule has 1 amide bonds. The lowest BCUT2D eigenvalue weighted by atomic mass is 10.0. The quantitative estimate of drug-likeness (QED) is 0.921. The number of methoxy groups -OCH3 is 1. The molecule has 0 aliphatic carbocycles. The van der Waals surface area contributed by atoms with Crippen molar-refractivity contribution in [3.05, 3.63) is 34.9 Å². The van der Waals surface area contributed by atoms with Gasteiger partial charge < -0.3 is 14.8 Å². The van der Waals surface area contributed by atoms with Crippen molar-refractivity contribution in [2.45, 2.75) is 25.5 Å². The molecule has 2 rings (SSSR count). The Bertz CT molecular complexity index is 507. The van der Waals surface area contributed by atoms with Crippen molar-refractivity contribution in [3.63, 3.8) is 0 Å². The Kier molecular flexibility index (Phi) is 4.67. The summed E-state index contributed by atoms with van der Waals surface area (Å²) in [4.78, 5) is 12.1. The first kappa shape index (κ1) is 14.9. The number of benzene rings is 1. The van der Waals surface area contributed by atoms with Crippen LogP contribution in [0.1, 0.15) is 22.3 Å². The second kappa shape index (κ2) is 6.28. The summed E-state index contributed by atoms with van der Waals surface area (Å²) in [6.07, 6.45) is 0.225. The molecule has 0 radical (unpaired) electrons. The van der Waals surface area contributed by atoms with Gasteiger partial charge in [-0.3, -0.25) is 4.79 Å². The van der Waals surface area contributed by atoms with Gasteiger partial charge in [-0.1, -0.05) is 6.07 Å². The number of aryl methyl sites for hydroxylation is 1. The second-order valence-electron chi connectivity index (χ2n) is 4.77. The van der Waals surface area contributed by atoms with Gasteiger partial charge in [0.15, 0.2) is 0 Å². The van der Waals surface area contributed by atoms with Gasteiger partial charge in [-0.25, -0.2) is 8.78 Å². The molecule has 6 heteroatoms. The summed E-state index contributed by atoms with van der Waals surface area (Å²) in [6.45, 7) is 2.31. The summed E-state index contributed by atoms with van der Waals surface area (Å²) in [5.41, 5.74) is -0.321. The highest BCUT2D eigenvalue weighted by atomic mass is 19.1. The molecule has 1 heterocycles. The molecule has 1 aliphatic heterocycles. The van der Waals surface area contributed by atoms with Crippen molar-refractivity contribution in [2.24, 2.45) is 0 Å². The maximum absolute atomic E-state index is 13.9. The predicted octanol–water partition coefficient (Wildman–Crippen LogP) is 1.81. The molecule has 1 N–H and O–H groups in total. The molecule has 1 aromatic rings. The van der Waals surface area contributed by atoms with Crippen molar-refractivity contribution >= 4 is 5.91 Å². The topological polar surface area (TPSA) is 47.6 Å². The van der Waals surface area contributed by atoms with E-state index in [0.29, 0.717) is 19.6 Å². The van der Waals surface area contributed by atoms with E-state index in [0.717, 1.165) is 6.07 Å². The molecule has 2 atom stereocenters. The molecule has 0 bridgehead atoms. The van der Waals surface area contributed by atoms with Gasteiger partial charge in [0.05, 0.1) is 12.6 Å². The van der Waals surface area contributed by atoms with E-state index in [9.17, 15) is 13.6 Å². The minimum absolute atomic E-state index is 0.229. The van der Waals surface area contributed by atoms with Gasteiger partial charge in [-0.2, -0.15) is 0 Å². The number of ether oxygens (including phenoxy) is 2. The summed E-state index contributed by atoms with van der Waals surface area (Å²) in [5, 5.41) is 2.62. The van der Waals surface area contributed by atoms with E-state index in [2.05, 4.69) is 5.32 Å². The van der Waals surface area contributed by atoms with Crippen molar-refractivity contribution in [1.82, 2.24) is 5.32 Å². The first-order chi connectivity index (χ1) is 9.54. The number of amides is 1. The average Bonchev–Trinajstić information content (AvgIpc) is 2.44. The zero-order valence-corrected chi connectivity index (χ0v) is 11.4. The van der Waals surface area contributed by atoms with Gasteiger partial charge in [-0.15, -0.1) is 0 Å². The maximum Gasteiger partial charge on any atom is 0.257 e. The van der Waals surface area contributed by atoms with Crippen LogP contribution in [0.5, 0.6) is 0 Å². The molecule has 0 saturated carbocycles. The molecular formula is C14H17F2NO3. The Labute approximate surface area is 116 Å². The summed E-state index contributed by atoms with van der Waals surface area (Å²) in [5.74, 6) is -2.46. The van der Waals surface area contributed by atoms with Crippen molar-refractivity contribution in [3.8, 4) is 0 Å². The minimum Gasteiger partial charge on any atom is -0.379 e. The standard InChI is InChI=1S/C14H17F2NO3/c1-8-3-4-9(15)12(13(8)16)14(18)17-10-5-6-20-7-11(10)19-2/h3-4,10-11H,5-7H2,1-2H3,(H,17,18)/t10-,11-/m1/s1. The van der Waals surface area contributed by atoms with Crippen molar-refractivity contribution < 1.29 is 23.0 Å². The van der Waals surface area contributed by atoms with E-state index in [1.807, 2.05) is 0 Å².